The summed E-state index contributed by atoms with van der Waals surface area (Å²) in [5.41, 5.74) is 3.18. The number of pyridine rings is 1. The van der Waals surface area contributed by atoms with Gasteiger partial charge in [-0.2, -0.15) is 0 Å². The minimum atomic E-state index is -0.334. The Kier molecular flexibility index (Phi) is 6.64. The summed E-state index contributed by atoms with van der Waals surface area (Å²) in [4.78, 5) is 18.9. The summed E-state index contributed by atoms with van der Waals surface area (Å²) < 4.78 is 13.5. The van der Waals surface area contributed by atoms with E-state index in [1.165, 1.54) is 12.8 Å². The van der Waals surface area contributed by atoms with Gasteiger partial charge in [-0.1, -0.05) is 32.4 Å². The number of aryl methyl sites for hydroxylation is 2. The van der Waals surface area contributed by atoms with E-state index in [9.17, 15) is 4.79 Å². The topological polar surface area (TPSA) is 82.4 Å². The highest BCUT2D eigenvalue weighted by molar-refractivity contribution is 5.67. The van der Waals surface area contributed by atoms with Gasteiger partial charge in [-0.3, -0.25) is 0 Å². The zero-order valence-corrected chi connectivity index (χ0v) is 20.8. The van der Waals surface area contributed by atoms with Crippen LogP contribution in [0.4, 0.5) is 4.79 Å². The lowest BCUT2D eigenvalue weighted by atomic mass is 9.89. The molecule has 2 aromatic heterocycles. The Morgan fingerprint density at radius 2 is 2.06 bits per heavy atom. The second-order valence-electron chi connectivity index (χ2n) is 10.6. The number of hydrogen-bond donors (Lipinski definition) is 0. The molecule has 2 aliphatic carbocycles. The largest absolute Gasteiger partial charge is 0.489 e. The van der Waals surface area contributed by atoms with Gasteiger partial charge in [-0.05, 0) is 62.0 Å². The lowest BCUT2D eigenvalue weighted by Crippen LogP contribution is -2.30. The molecule has 2 fully saturated rings. The van der Waals surface area contributed by atoms with Gasteiger partial charge in [0, 0.05) is 20.6 Å². The number of aromatic nitrogens is 4. The maximum Gasteiger partial charge on any atom is 0.409 e. The Hall–Kier alpha value is -2.64. The van der Waals surface area contributed by atoms with Gasteiger partial charge in [0.25, 0.3) is 0 Å². The van der Waals surface area contributed by atoms with E-state index < -0.39 is 0 Å². The van der Waals surface area contributed by atoms with Crippen LogP contribution in [0.15, 0.2) is 12.1 Å². The van der Waals surface area contributed by atoms with Crippen LogP contribution in [0.25, 0.3) is 11.4 Å². The standard InChI is InChI=1S/C25H37N5O3/c1-16-8-7-9-19(12-16)33-22-11-10-20(26-17(22)2)23-21(30(6)28-27-23)15-32-24(31)29(5)14-18-13-25(18,3)4/h10-11,16,18-19H,7-9,12-15H2,1-6H3/t16-,18?,19-/m0/s1. The summed E-state index contributed by atoms with van der Waals surface area (Å²) in [5.74, 6) is 2.06. The van der Waals surface area contributed by atoms with Crippen LogP contribution in [0.5, 0.6) is 5.75 Å². The predicted molar refractivity (Wildman–Crippen MR) is 126 cm³/mol. The summed E-state index contributed by atoms with van der Waals surface area (Å²) in [6, 6.07) is 3.87. The van der Waals surface area contributed by atoms with Crippen molar-refractivity contribution in [3.05, 3.63) is 23.5 Å². The van der Waals surface area contributed by atoms with Gasteiger partial charge < -0.3 is 14.4 Å². The van der Waals surface area contributed by atoms with Crippen LogP contribution in [0.3, 0.4) is 0 Å². The molecule has 2 aliphatic rings. The molecule has 1 amide bonds. The van der Waals surface area contributed by atoms with E-state index in [-0.39, 0.29) is 18.8 Å². The van der Waals surface area contributed by atoms with Crippen LogP contribution in [0.2, 0.25) is 0 Å². The molecular weight excluding hydrogens is 418 g/mol. The van der Waals surface area contributed by atoms with Gasteiger partial charge in [0.15, 0.2) is 0 Å². The molecule has 0 aliphatic heterocycles. The van der Waals surface area contributed by atoms with Crippen molar-refractivity contribution in [1.82, 2.24) is 24.9 Å². The lowest BCUT2D eigenvalue weighted by molar-refractivity contribution is 0.100. The molecule has 33 heavy (non-hydrogen) atoms. The Balaban J connectivity index is 1.40. The minimum Gasteiger partial charge on any atom is -0.489 e. The van der Waals surface area contributed by atoms with Crippen molar-refractivity contribution < 1.29 is 14.3 Å². The summed E-state index contributed by atoms with van der Waals surface area (Å²) in [6.45, 7) is 9.50. The van der Waals surface area contributed by atoms with Gasteiger partial charge in [0.05, 0.1) is 17.5 Å². The monoisotopic (exact) mass is 455 g/mol. The second-order valence-corrected chi connectivity index (χ2v) is 10.6. The van der Waals surface area contributed by atoms with E-state index >= 15 is 0 Å². The van der Waals surface area contributed by atoms with Gasteiger partial charge >= 0.3 is 6.09 Å². The molecule has 2 heterocycles. The number of nitrogens with zero attached hydrogens (tertiary/aromatic N) is 5. The van der Waals surface area contributed by atoms with Crippen LogP contribution < -0.4 is 4.74 Å². The first-order chi connectivity index (χ1) is 15.6. The molecule has 0 N–H and O–H groups in total. The zero-order chi connectivity index (χ0) is 23.8. The third-order valence-corrected chi connectivity index (χ3v) is 7.26. The molecule has 0 bridgehead atoms. The van der Waals surface area contributed by atoms with Crippen LogP contribution in [0.1, 0.15) is 64.3 Å². The van der Waals surface area contributed by atoms with E-state index in [0.29, 0.717) is 40.9 Å². The molecule has 1 unspecified atom stereocenters. The van der Waals surface area contributed by atoms with Crippen molar-refractivity contribution >= 4 is 6.09 Å². The van der Waals surface area contributed by atoms with Gasteiger partial charge in [-0.25, -0.2) is 14.5 Å². The molecule has 3 atom stereocenters. The average Bonchev–Trinajstić information content (AvgIpc) is 3.18. The second kappa shape index (κ2) is 9.31. The van der Waals surface area contributed by atoms with Crippen LogP contribution in [-0.4, -0.2) is 50.7 Å². The quantitative estimate of drug-likeness (QED) is 0.599. The van der Waals surface area contributed by atoms with Gasteiger partial charge in [-0.15, -0.1) is 5.10 Å². The zero-order valence-electron chi connectivity index (χ0n) is 20.8. The normalized spacial score (nSPS) is 23.8. The number of rotatable bonds is 7. The highest BCUT2D eigenvalue weighted by atomic mass is 16.6. The molecular formula is C25H37N5O3. The Labute approximate surface area is 196 Å². The minimum absolute atomic E-state index is 0.0923. The average molecular weight is 456 g/mol. The van der Waals surface area contributed by atoms with E-state index in [0.717, 1.165) is 30.7 Å². The summed E-state index contributed by atoms with van der Waals surface area (Å²) >= 11 is 0. The van der Waals surface area contributed by atoms with Crippen molar-refractivity contribution in [3.63, 3.8) is 0 Å². The van der Waals surface area contributed by atoms with Crippen LogP contribution in [-0.2, 0) is 18.4 Å². The molecule has 180 valence electrons. The number of carbonyl (C=O) groups is 1. The Morgan fingerprint density at radius 3 is 2.73 bits per heavy atom. The molecule has 4 rings (SSSR count). The molecule has 8 heteroatoms. The van der Waals surface area contributed by atoms with Gasteiger partial charge in [0.1, 0.15) is 23.7 Å². The van der Waals surface area contributed by atoms with Crippen molar-refractivity contribution in [2.24, 2.45) is 24.3 Å². The first-order valence-corrected chi connectivity index (χ1v) is 12.0. The molecule has 2 aromatic rings. The summed E-state index contributed by atoms with van der Waals surface area (Å²) in [5, 5.41) is 8.43. The molecule has 0 spiro atoms. The fraction of sp³-hybridized carbons (Fsp3) is 0.680. The maximum absolute atomic E-state index is 12.5. The Bertz CT molecular complexity index is 1000. The molecule has 0 aromatic carbocycles. The number of carbonyl (C=O) groups excluding carboxylic acids is 1. The van der Waals surface area contributed by atoms with Crippen molar-refractivity contribution in [3.8, 4) is 17.1 Å². The molecule has 8 nitrogen and oxygen atoms in total. The predicted octanol–water partition coefficient (Wildman–Crippen LogP) is 4.76. The number of ether oxygens (including phenoxy) is 2. The molecule has 0 saturated heterocycles. The van der Waals surface area contributed by atoms with Crippen molar-refractivity contribution in [2.75, 3.05) is 13.6 Å². The third kappa shape index (κ3) is 5.47. The highest BCUT2D eigenvalue weighted by Gasteiger charge is 2.46. The fourth-order valence-corrected chi connectivity index (χ4v) is 4.74. The van der Waals surface area contributed by atoms with E-state index in [1.807, 2.05) is 19.1 Å². The fourth-order valence-electron chi connectivity index (χ4n) is 4.74. The van der Waals surface area contributed by atoms with E-state index in [4.69, 9.17) is 14.5 Å². The SMILES string of the molecule is Cc1nc(-c2nnn(C)c2COC(=O)N(C)CC2CC2(C)C)ccc1O[C@H]1CCC[C@H](C)C1. The van der Waals surface area contributed by atoms with E-state index in [1.54, 1.807) is 23.7 Å². The number of hydrogen-bond acceptors (Lipinski definition) is 6. The first kappa shape index (κ1) is 23.5. The van der Waals surface area contributed by atoms with Crippen molar-refractivity contribution in [2.45, 2.75) is 72.5 Å². The van der Waals surface area contributed by atoms with E-state index in [2.05, 4.69) is 31.1 Å². The van der Waals surface area contributed by atoms with Gasteiger partial charge in [0.2, 0.25) is 0 Å². The maximum atomic E-state index is 12.5. The number of amides is 1. The first-order valence-electron chi connectivity index (χ1n) is 12.0. The highest BCUT2D eigenvalue weighted by Crippen LogP contribution is 2.51. The third-order valence-electron chi connectivity index (χ3n) is 7.26. The van der Waals surface area contributed by atoms with Crippen molar-refractivity contribution in [1.29, 1.82) is 0 Å². The smallest absolute Gasteiger partial charge is 0.409 e. The summed E-state index contributed by atoms with van der Waals surface area (Å²) in [7, 11) is 3.58. The molecule has 2 saturated carbocycles. The van der Waals surface area contributed by atoms with Crippen LogP contribution in [0, 0.1) is 24.2 Å². The summed E-state index contributed by atoms with van der Waals surface area (Å²) in [6.07, 6.45) is 5.75. The molecule has 0 radical (unpaired) electrons. The Morgan fingerprint density at radius 1 is 1.30 bits per heavy atom. The lowest BCUT2D eigenvalue weighted by Gasteiger charge is -2.27. The van der Waals surface area contributed by atoms with Crippen LogP contribution >= 0.6 is 0 Å².